The minimum Gasteiger partial charge on any atom is -0.377 e. The first-order valence-electron chi connectivity index (χ1n) is 7.07. The molecule has 2 N–H and O–H groups in total. The maximum atomic E-state index is 6.03. The first-order chi connectivity index (χ1) is 10.1. The molecule has 0 fully saturated rings. The second kappa shape index (κ2) is 6.17. The van der Waals surface area contributed by atoms with Crippen molar-refractivity contribution < 1.29 is 9.26 Å². The van der Waals surface area contributed by atoms with Crippen LogP contribution in [-0.4, -0.2) is 28.6 Å². The number of rotatable bonds is 5. The van der Waals surface area contributed by atoms with E-state index in [9.17, 15) is 0 Å². The second-order valence-corrected chi connectivity index (χ2v) is 6.44. The minimum atomic E-state index is -0.353. The Morgan fingerprint density at radius 2 is 2.24 bits per heavy atom. The van der Waals surface area contributed by atoms with Crippen LogP contribution in [0.1, 0.15) is 43.1 Å². The fraction of sp³-hybridized carbons (Fsp3) is 0.467. The molecule has 21 heavy (non-hydrogen) atoms. The van der Waals surface area contributed by atoms with E-state index in [0.29, 0.717) is 18.3 Å². The smallest absolute Gasteiger partial charge is 0.235 e. The predicted molar refractivity (Wildman–Crippen MR) is 81.3 cm³/mol. The molecular weight excluding hydrogens is 286 g/mol. The zero-order chi connectivity index (χ0) is 14.8. The van der Waals surface area contributed by atoms with E-state index in [1.54, 1.807) is 0 Å². The van der Waals surface area contributed by atoms with Gasteiger partial charge in [0, 0.05) is 10.6 Å². The number of benzene rings is 1. The summed E-state index contributed by atoms with van der Waals surface area (Å²) in [4.78, 5) is 5.76. The van der Waals surface area contributed by atoms with Crippen LogP contribution in [0.5, 0.6) is 0 Å². The lowest BCUT2D eigenvalue weighted by Crippen LogP contribution is -2.20. The zero-order valence-electron chi connectivity index (χ0n) is 12.2. The topological polar surface area (TPSA) is 74.2 Å². The third-order valence-corrected chi connectivity index (χ3v) is 4.58. The zero-order valence-corrected chi connectivity index (χ0v) is 13.0. The third kappa shape index (κ3) is 3.12. The van der Waals surface area contributed by atoms with Gasteiger partial charge in [0.25, 0.3) is 0 Å². The van der Waals surface area contributed by atoms with Gasteiger partial charge in [-0.3, -0.25) is 0 Å². The number of nitrogens with zero attached hydrogens (tertiary/aromatic N) is 2. The SMILES string of the molecule is CC(C)OCC(N)c1noc(C2CSc3ccccc32)n1. The average molecular weight is 305 g/mol. The van der Waals surface area contributed by atoms with Crippen LogP contribution in [0, 0.1) is 0 Å². The summed E-state index contributed by atoms with van der Waals surface area (Å²) in [6.45, 7) is 4.34. The molecule has 112 valence electrons. The summed E-state index contributed by atoms with van der Waals surface area (Å²) < 4.78 is 10.9. The molecule has 1 aliphatic rings. The molecule has 0 bridgehead atoms. The van der Waals surface area contributed by atoms with Gasteiger partial charge in [-0.1, -0.05) is 23.4 Å². The summed E-state index contributed by atoms with van der Waals surface area (Å²) in [7, 11) is 0. The van der Waals surface area contributed by atoms with E-state index in [1.165, 1.54) is 10.5 Å². The summed E-state index contributed by atoms with van der Waals surface area (Å²) in [5.74, 6) is 2.24. The highest BCUT2D eigenvalue weighted by molar-refractivity contribution is 7.99. The number of ether oxygens (including phenoxy) is 1. The molecule has 1 aromatic heterocycles. The Morgan fingerprint density at radius 1 is 1.43 bits per heavy atom. The molecule has 5 nitrogen and oxygen atoms in total. The van der Waals surface area contributed by atoms with Crippen molar-refractivity contribution in [2.45, 2.75) is 36.8 Å². The maximum Gasteiger partial charge on any atom is 0.235 e. The van der Waals surface area contributed by atoms with Crippen molar-refractivity contribution >= 4 is 11.8 Å². The maximum absolute atomic E-state index is 6.03. The molecular formula is C15H19N3O2S. The van der Waals surface area contributed by atoms with Gasteiger partial charge in [0.2, 0.25) is 5.89 Å². The van der Waals surface area contributed by atoms with E-state index in [4.69, 9.17) is 15.0 Å². The van der Waals surface area contributed by atoms with Crippen molar-refractivity contribution in [1.29, 1.82) is 0 Å². The Hall–Kier alpha value is -1.37. The van der Waals surface area contributed by atoms with Crippen LogP contribution in [0.4, 0.5) is 0 Å². The molecule has 0 spiro atoms. The van der Waals surface area contributed by atoms with Crippen LogP contribution in [-0.2, 0) is 4.74 Å². The van der Waals surface area contributed by atoms with Gasteiger partial charge in [-0.15, -0.1) is 11.8 Å². The van der Waals surface area contributed by atoms with Crippen molar-refractivity contribution in [1.82, 2.24) is 10.1 Å². The molecule has 0 aliphatic carbocycles. The summed E-state index contributed by atoms with van der Waals surface area (Å²) in [5, 5.41) is 4.01. The van der Waals surface area contributed by atoms with E-state index in [1.807, 2.05) is 37.7 Å². The molecule has 2 heterocycles. The molecule has 2 unspecified atom stereocenters. The van der Waals surface area contributed by atoms with Crippen molar-refractivity contribution in [2.75, 3.05) is 12.4 Å². The molecule has 1 aliphatic heterocycles. The van der Waals surface area contributed by atoms with Crippen molar-refractivity contribution in [3.8, 4) is 0 Å². The van der Waals surface area contributed by atoms with Crippen LogP contribution < -0.4 is 5.73 Å². The summed E-state index contributed by atoms with van der Waals surface area (Å²) in [5.41, 5.74) is 7.29. The fourth-order valence-electron chi connectivity index (χ4n) is 2.28. The fourth-order valence-corrected chi connectivity index (χ4v) is 3.50. The normalized spacial score (nSPS) is 19.0. The van der Waals surface area contributed by atoms with E-state index in [-0.39, 0.29) is 18.1 Å². The highest BCUT2D eigenvalue weighted by atomic mass is 32.2. The molecule has 0 radical (unpaired) electrons. The van der Waals surface area contributed by atoms with Crippen molar-refractivity contribution in [2.24, 2.45) is 5.73 Å². The monoisotopic (exact) mass is 305 g/mol. The van der Waals surface area contributed by atoms with Crippen molar-refractivity contribution in [3.63, 3.8) is 0 Å². The predicted octanol–water partition coefficient (Wildman–Crippen LogP) is 2.73. The van der Waals surface area contributed by atoms with Crippen LogP contribution >= 0.6 is 11.8 Å². The Morgan fingerprint density at radius 3 is 3.05 bits per heavy atom. The van der Waals surface area contributed by atoms with E-state index in [0.717, 1.165) is 5.75 Å². The van der Waals surface area contributed by atoms with Gasteiger partial charge in [-0.05, 0) is 25.5 Å². The number of hydrogen-bond acceptors (Lipinski definition) is 6. The number of fused-ring (bicyclic) bond motifs is 1. The van der Waals surface area contributed by atoms with E-state index >= 15 is 0 Å². The Kier molecular flexibility index (Phi) is 4.28. The van der Waals surface area contributed by atoms with Gasteiger partial charge >= 0.3 is 0 Å². The Bertz CT molecular complexity index is 614. The first kappa shape index (κ1) is 14.6. The summed E-state index contributed by atoms with van der Waals surface area (Å²) in [6, 6.07) is 7.98. The molecule has 6 heteroatoms. The number of thioether (sulfide) groups is 1. The van der Waals surface area contributed by atoms with Gasteiger partial charge in [0.1, 0.15) is 0 Å². The third-order valence-electron chi connectivity index (χ3n) is 3.40. The highest BCUT2D eigenvalue weighted by Gasteiger charge is 2.29. The summed E-state index contributed by atoms with van der Waals surface area (Å²) in [6.07, 6.45) is 0.139. The van der Waals surface area contributed by atoms with Crippen molar-refractivity contribution in [3.05, 3.63) is 41.5 Å². The first-order valence-corrected chi connectivity index (χ1v) is 8.06. The average Bonchev–Trinajstić information content (AvgIpc) is 3.10. The van der Waals surface area contributed by atoms with E-state index in [2.05, 4.69) is 22.3 Å². The number of nitrogens with two attached hydrogens (primary N) is 1. The number of aromatic nitrogens is 2. The van der Waals surface area contributed by atoms with Crippen LogP contribution in [0.25, 0.3) is 0 Å². The lowest BCUT2D eigenvalue weighted by atomic mass is 10.0. The lowest BCUT2D eigenvalue weighted by Gasteiger charge is -2.10. The van der Waals surface area contributed by atoms with Crippen LogP contribution in [0.2, 0.25) is 0 Å². The minimum absolute atomic E-state index is 0.139. The molecule has 1 aromatic carbocycles. The van der Waals surface area contributed by atoms with Gasteiger partial charge in [0.15, 0.2) is 5.82 Å². The molecule has 2 aromatic rings. The molecule has 2 atom stereocenters. The Labute approximate surface area is 128 Å². The van der Waals surface area contributed by atoms with Gasteiger partial charge in [-0.25, -0.2) is 0 Å². The Balaban J connectivity index is 1.74. The molecule has 3 rings (SSSR count). The van der Waals surface area contributed by atoms with E-state index < -0.39 is 0 Å². The van der Waals surface area contributed by atoms with Gasteiger partial charge in [-0.2, -0.15) is 4.98 Å². The second-order valence-electron chi connectivity index (χ2n) is 5.38. The van der Waals surface area contributed by atoms with Crippen LogP contribution in [0.15, 0.2) is 33.7 Å². The summed E-state index contributed by atoms with van der Waals surface area (Å²) >= 11 is 1.82. The van der Waals surface area contributed by atoms with Gasteiger partial charge in [0.05, 0.1) is 24.7 Å². The molecule has 0 amide bonds. The quantitative estimate of drug-likeness (QED) is 0.915. The van der Waals surface area contributed by atoms with Gasteiger partial charge < -0.3 is 15.0 Å². The lowest BCUT2D eigenvalue weighted by molar-refractivity contribution is 0.0665. The highest BCUT2D eigenvalue weighted by Crippen LogP contribution is 2.42. The van der Waals surface area contributed by atoms with Crippen LogP contribution in [0.3, 0.4) is 0 Å². The number of hydrogen-bond donors (Lipinski definition) is 1. The molecule has 0 saturated carbocycles. The molecule has 0 saturated heterocycles. The largest absolute Gasteiger partial charge is 0.377 e. The standard InChI is InChI=1S/C15H19N3O2S/c1-9(2)19-7-12(16)14-17-15(20-18-14)11-8-21-13-6-4-3-5-10(11)13/h3-6,9,11-12H,7-8,16H2,1-2H3.